The van der Waals surface area contributed by atoms with E-state index in [1.54, 1.807) is 0 Å². The number of benzene rings is 1. The molecule has 1 aromatic rings. The zero-order valence-corrected chi connectivity index (χ0v) is 14.7. The third-order valence-corrected chi connectivity index (χ3v) is 3.86. The van der Waals surface area contributed by atoms with Crippen molar-refractivity contribution in [2.45, 2.75) is 26.3 Å². The second kappa shape index (κ2) is 9.40. The summed E-state index contributed by atoms with van der Waals surface area (Å²) in [6.45, 7) is 7.55. The van der Waals surface area contributed by atoms with Crippen LogP contribution in [0.25, 0.3) is 0 Å². The van der Waals surface area contributed by atoms with Gasteiger partial charge in [-0.1, -0.05) is 12.1 Å². The summed E-state index contributed by atoms with van der Waals surface area (Å²) < 4.78 is 5.80. The van der Waals surface area contributed by atoms with E-state index in [-0.39, 0.29) is 0 Å². The number of likely N-dealkylation sites (tertiary alicyclic amines) is 1. The fourth-order valence-corrected chi connectivity index (χ4v) is 2.60. The van der Waals surface area contributed by atoms with Crippen molar-refractivity contribution in [3.05, 3.63) is 29.8 Å². The lowest BCUT2D eigenvalue weighted by molar-refractivity contribution is 0.261. The number of guanidine groups is 1. The molecule has 0 spiro atoms. The van der Waals surface area contributed by atoms with E-state index in [2.05, 4.69) is 48.3 Å². The summed E-state index contributed by atoms with van der Waals surface area (Å²) >= 11 is 0. The lowest BCUT2D eigenvalue weighted by Gasteiger charge is -2.20. The van der Waals surface area contributed by atoms with Gasteiger partial charge in [-0.2, -0.15) is 0 Å². The van der Waals surface area contributed by atoms with Crippen molar-refractivity contribution in [2.24, 2.45) is 4.99 Å². The average molecular weight is 318 g/mol. The maximum Gasteiger partial charge on any atom is 0.194 e. The summed E-state index contributed by atoms with van der Waals surface area (Å²) in [7, 11) is 4.10. The number of nitrogens with one attached hydrogen (secondary N) is 1. The van der Waals surface area contributed by atoms with Gasteiger partial charge < -0.3 is 19.9 Å². The van der Waals surface area contributed by atoms with Crippen LogP contribution in [0.4, 0.5) is 0 Å². The summed E-state index contributed by atoms with van der Waals surface area (Å²) in [5.41, 5.74) is 1.18. The van der Waals surface area contributed by atoms with Crippen molar-refractivity contribution in [3.63, 3.8) is 0 Å². The van der Waals surface area contributed by atoms with Gasteiger partial charge in [0.05, 0.1) is 6.54 Å². The lowest BCUT2D eigenvalue weighted by Crippen LogP contribution is -2.39. The van der Waals surface area contributed by atoms with Crippen molar-refractivity contribution in [2.75, 3.05) is 46.9 Å². The van der Waals surface area contributed by atoms with E-state index in [9.17, 15) is 0 Å². The molecule has 0 aromatic heterocycles. The summed E-state index contributed by atoms with van der Waals surface area (Å²) in [6, 6.07) is 8.25. The molecule has 0 unspecified atom stereocenters. The van der Waals surface area contributed by atoms with E-state index in [4.69, 9.17) is 9.73 Å². The Kier molecular flexibility index (Phi) is 7.20. The summed E-state index contributed by atoms with van der Waals surface area (Å²) in [5, 5.41) is 3.40. The van der Waals surface area contributed by atoms with Crippen LogP contribution in [0.15, 0.2) is 29.3 Å². The van der Waals surface area contributed by atoms with Gasteiger partial charge in [0, 0.05) is 26.2 Å². The van der Waals surface area contributed by atoms with Crippen LogP contribution in [-0.2, 0) is 6.54 Å². The molecule has 0 amide bonds. The molecule has 1 fully saturated rings. The highest BCUT2D eigenvalue weighted by atomic mass is 16.5. The van der Waals surface area contributed by atoms with Gasteiger partial charge in [-0.3, -0.25) is 0 Å². The first kappa shape index (κ1) is 17.6. The topological polar surface area (TPSA) is 40.1 Å². The fraction of sp³-hybridized carbons (Fsp3) is 0.611. The lowest BCUT2D eigenvalue weighted by atomic mass is 10.2. The molecule has 0 bridgehead atoms. The van der Waals surface area contributed by atoms with Crippen LogP contribution in [-0.4, -0.2) is 62.6 Å². The molecule has 0 aliphatic carbocycles. The Morgan fingerprint density at radius 3 is 2.78 bits per heavy atom. The second-order valence-corrected chi connectivity index (χ2v) is 6.16. The quantitative estimate of drug-likeness (QED) is 0.618. The van der Waals surface area contributed by atoms with Gasteiger partial charge in [-0.15, -0.1) is 0 Å². The van der Waals surface area contributed by atoms with Crippen LogP contribution in [0, 0.1) is 0 Å². The van der Waals surface area contributed by atoms with Crippen LogP contribution in [0.1, 0.15) is 25.3 Å². The van der Waals surface area contributed by atoms with Gasteiger partial charge in [0.15, 0.2) is 5.96 Å². The molecule has 1 N–H and O–H groups in total. The van der Waals surface area contributed by atoms with E-state index in [0.717, 1.165) is 37.9 Å². The van der Waals surface area contributed by atoms with Crippen molar-refractivity contribution in [3.8, 4) is 5.75 Å². The molecular weight excluding hydrogens is 288 g/mol. The third-order valence-electron chi connectivity index (χ3n) is 3.86. The zero-order valence-electron chi connectivity index (χ0n) is 14.7. The fourth-order valence-electron chi connectivity index (χ4n) is 2.60. The SMILES string of the molecule is CCNC(=NCc1cccc(OCCN(C)C)c1)N1CCCC1. The van der Waals surface area contributed by atoms with E-state index in [0.29, 0.717) is 13.2 Å². The Bertz CT molecular complexity index is 496. The average Bonchev–Trinajstić information content (AvgIpc) is 3.06. The molecule has 2 rings (SSSR count). The van der Waals surface area contributed by atoms with E-state index in [1.165, 1.54) is 18.4 Å². The Balaban J connectivity index is 1.93. The first-order valence-corrected chi connectivity index (χ1v) is 8.58. The second-order valence-electron chi connectivity index (χ2n) is 6.16. The number of hydrogen-bond donors (Lipinski definition) is 1. The molecule has 5 nitrogen and oxygen atoms in total. The Morgan fingerprint density at radius 1 is 1.30 bits per heavy atom. The molecule has 0 radical (unpaired) electrons. The molecule has 1 aliphatic rings. The van der Waals surface area contributed by atoms with E-state index < -0.39 is 0 Å². The van der Waals surface area contributed by atoms with Crippen molar-refractivity contribution in [1.29, 1.82) is 0 Å². The molecule has 1 saturated heterocycles. The van der Waals surface area contributed by atoms with Gasteiger partial charge >= 0.3 is 0 Å². The van der Waals surface area contributed by atoms with Gasteiger partial charge in [0.2, 0.25) is 0 Å². The van der Waals surface area contributed by atoms with E-state index >= 15 is 0 Å². The minimum absolute atomic E-state index is 0.684. The Morgan fingerprint density at radius 2 is 2.09 bits per heavy atom. The molecule has 128 valence electrons. The third kappa shape index (κ3) is 6.10. The number of aliphatic imine (C=N–C) groups is 1. The standard InChI is InChI=1S/C18H30N4O/c1-4-19-18(22-10-5-6-11-22)20-15-16-8-7-9-17(14-16)23-13-12-21(2)3/h7-9,14H,4-6,10-13,15H2,1-3H3,(H,19,20). The van der Waals surface area contributed by atoms with Crippen LogP contribution in [0.5, 0.6) is 5.75 Å². The van der Waals surface area contributed by atoms with Crippen molar-refractivity contribution < 1.29 is 4.74 Å². The molecule has 1 aliphatic heterocycles. The maximum atomic E-state index is 5.80. The van der Waals surface area contributed by atoms with E-state index in [1.807, 2.05) is 12.1 Å². The van der Waals surface area contributed by atoms with Crippen molar-refractivity contribution in [1.82, 2.24) is 15.1 Å². The number of ether oxygens (including phenoxy) is 1. The first-order chi connectivity index (χ1) is 11.2. The zero-order chi connectivity index (χ0) is 16.5. The smallest absolute Gasteiger partial charge is 0.194 e. The highest BCUT2D eigenvalue weighted by Crippen LogP contribution is 2.15. The van der Waals surface area contributed by atoms with Crippen LogP contribution < -0.4 is 10.1 Å². The van der Waals surface area contributed by atoms with Crippen LogP contribution in [0.2, 0.25) is 0 Å². The summed E-state index contributed by atoms with van der Waals surface area (Å²) in [5.74, 6) is 1.95. The highest BCUT2D eigenvalue weighted by molar-refractivity contribution is 5.80. The number of likely N-dealkylation sites (N-methyl/N-ethyl adjacent to an activating group) is 1. The predicted octanol–water partition coefficient (Wildman–Crippen LogP) is 2.19. The Labute approximate surface area is 140 Å². The summed E-state index contributed by atoms with van der Waals surface area (Å²) in [6.07, 6.45) is 2.53. The molecule has 23 heavy (non-hydrogen) atoms. The molecule has 1 aromatic carbocycles. The normalized spacial score (nSPS) is 15.3. The predicted molar refractivity (Wildman–Crippen MR) is 96.1 cm³/mol. The van der Waals surface area contributed by atoms with Crippen LogP contribution in [0.3, 0.4) is 0 Å². The Hall–Kier alpha value is -1.75. The molecule has 1 heterocycles. The number of rotatable bonds is 7. The van der Waals surface area contributed by atoms with Gasteiger partial charge in [-0.05, 0) is 51.6 Å². The highest BCUT2D eigenvalue weighted by Gasteiger charge is 2.15. The monoisotopic (exact) mass is 318 g/mol. The molecule has 0 atom stereocenters. The van der Waals surface area contributed by atoms with Crippen molar-refractivity contribution >= 4 is 5.96 Å². The first-order valence-electron chi connectivity index (χ1n) is 8.58. The molecular formula is C18H30N4O. The maximum absolute atomic E-state index is 5.80. The molecule has 5 heteroatoms. The van der Waals surface area contributed by atoms with Gasteiger partial charge in [0.1, 0.15) is 12.4 Å². The minimum Gasteiger partial charge on any atom is -0.492 e. The van der Waals surface area contributed by atoms with Gasteiger partial charge in [-0.25, -0.2) is 4.99 Å². The summed E-state index contributed by atoms with van der Waals surface area (Å²) in [4.78, 5) is 9.25. The number of hydrogen-bond acceptors (Lipinski definition) is 3. The van der Waals surface area contributed by atoms with Crippen LogP contribution >= 0.6 is 0 Å². The van der Waals surface area contributed by atoms with Gasteiger partial charge in [0.25, 0.3) is 0 Å². The number of nitrogens with zero attached hydrogens (tertiary/aromatic N) is 3. The minimum atomic E-state index is 0.684. The molecule has 0 saturated carbocycles. The largest absolute Gasteiger partial charge is 0.492 e.